The van der Waals surface area contributed by atoms with E-state index in [1.54, 1.807) is 6.20 Å². The molecule has 3 heteroatoms. The molecule has 0 aromatic carbocycles. The highest BCUT2D eigenvalue weighted by Crippen LogP contribution is 2.17. The van der Waals surface area contributed by atoms with Gasteiger partial charge in [0, 0.05) is 10.7 Å². The third-order valence-electron chi connectivity index (χ3n) is 1.65. The van der Waals surface area contributed by atoms with Crippen LogP contribution in [0.1, 0.15) is 31.6 Å². The molecule has 0 aliphatic carbocycles. The quantitative estimate of drug-likeness (QED) is 0.865. The van der Waals surface area contributed by atoms with Crippen LogP contribution in [0.3, 0.4) is 0 Å². The van der Waals surface area contributed by atoms with Crippen molar-refractivity contribution < 1.29 is 5.11 Å². The Morgan fingerprint density at radius 1 is 1.58 bits per heavy atom. The number of pyridine rings is 1. The third kappa shape index (κ3) is 2.57. The molecular weight excluding hydrogens is 218 g/mol. The third-order valence-corrected chi connectivity index (χ3v) is 2.12. The number of hydrogen-bond donors (Lipinski definition) is 1. The first kappa shape index (κ1) is 9.68. The maximum atomic E-state index is 9.53. The topological polar surface area (TPSA) is 33.1 Å². The molecule has 0 saturated carbocycles. The van der Waals surface area contributed by atoms with Crippen LogP contribution in [-0.2, 0) is 0 Å². The molecule has 0 unspecified atom stereocenters. The molecule has 0 amide bonds. The van der Waals surface area contributed by atoms with E-state index >= 15 is 0 Å². The zero-order valence-electron chi connectivity index (χ0n) is 7.00. The summed E-state index contributed by atoms with van der Waals surface area (Å²) in [5.41, 5.74) is 0.750. The predicted octanol–water partition coefficient (Wildman–Crippen LogP) is 2.68. The van der Waals surface area contributed by atoms with E-state index in [0.29, 0.717) is 0 Å². The highest BCUT2D eigenvalue weighted by Gasteiger charge is 2.06. The predicted molar refractivity (Wildman–Crippen MR) is 51.8 cm³/mol. The van der Waals surface area contributed by atoms with Gasteiger partial charge in [0.15, 0.2) is 0 Å². The van der Waals surface area contributed by atoms with Gasteiger partial charge in [-0.3, -0.25) is 4.98 Å². The molecule has 1 heterocycles. The van der Waals surface area contributed by atoms with Gasteiger partial charge in [0.05, 0.1) is 11.8 Å². The summed E-state index contributed by atoms with van der Waals surface area (Å²) in [5, 5.41) is 9.53. The summed E-state index contributed by atoms with van der Waals surface area (Å²) in [6.45, 7) is 2.04. The Balaban J connectivity index is 2.68. The first-order valence-corrected chi connectivity index (χ1v) is 4.83. The summed E-state index contributed by atoms with van der Waals surface area (Å²) in [6.07, 6.45) is 3.03. The van der Waals surface area contributed by atoms with Gasteiger partial charge in [-0.2, -0.15) is 0 Å². The molecule has 2 nitrogen and oxygen atoms in total. The van der Waals surface area contributed by atoms with Gasteiger partial charge in [-0.15, -0.1) is 0 Å². The highest BCUT2D eigenvalue weighted by atomic mass is 79.9. The molecule has 1 rings (SSSR count). The first-order chi connectivity index (χ1) is 5.74. The molecule has 66 valence electrons. The molecule has 0 aliphatic heterocycles. The zero-order chi connectivity index (χ0) is 8.97. The first-order valence-electron chi connectivity index (χ1n) is 4.03. The minimum atomic E-state index is -0.414. The Labute approximate surface area is 80.8 Å². The maximum absolute atomic E-state index is 9.53. The smallest absolute Gasteiger partial charge is 0.0959 e. The molecule has 0 aliphatic rings. The number of aliphatic hydroxyl groups is 1. The van der Waals surface area contributed by atoms with Crippen molar-refractivity contribution in [1.29, 1.82) is 0 Å². The minimum absolute atomic E-state index is 0.414. The molecule has 12 heavy (non-hydrogen) atoms. The Bertz CT molecular complexity index is 235. The van der Waals surface area contributed by atoms with Crippen LogP contribution in [0.25, 0.3) is 0 Å². The molecule has 0 fully saturated rings. The van der Waals surface area contributed by atoms with Gasteiger partial charge in [0.25, 0.3) is 0 Å². The van der Waals surface area contributed by atoms with Crippen LogP contribution in [-0.4, -0.2) is 10.1 Å². The largest absolute Gasteiger partial charge is 0.387 e. The van der Waals surface area contributed by atoms with Crippen LogP contribution in [0.2, 0.25) is 0 Å². The van der Waals surface area contributed by atoms with Gasteiger partial charge in [0.1, 0.15) is 0 Å². The summed E-state index contributed by atoms with van der Waals surface area (Å²) in [6, 6.07) is 3.73. The van der Waals surface area contributed by atoms with Crippen LogP contribution < -0.4 is 0 Å². The summed E-state index contributed by atoms with van der Waals surface area (Å²) in [5.74, 6) is 0. The molecule has 0 saturated heterocycles. The van der Waals surface area contributed by atoms with Crippen LogP contribution in [0.4, 0.5) is 0 Å². The maximum Gasteiger partial charge on any atom is 0.0959 e. The van der Waals surface area contributed by atoms with Crippen molar-refractivity contribution in [3.8, 4) is 0 Å². The molecular formula is C9H12BrNO. The molecule has 0 bridgehead atoms. The van der Waals surface area contributed by atoms with Gasteiger partial charge < -0.3 is 5.11 Å². The molecule has 1 aromatic heterocycles. The number of aliphatic hydroxyl groups excluding tert-OH is 1. The Kier molecular flexibility index (Phi) is 3.69. The lowest BCUT2D eigenvalue weighted by molar-refractivity contribution is 0.162. The van der Waals surface area contributed by atoms with Gasteiger partial charge in [-0.1, -0.05) is 13.3 Å². The molecule has 0 radical (unpaired) electrons. The van der Waals surface area contributed by atoms with Crippen molar-refractivity contribution in [2.75, 3.05) is 0 Å². The van der Waals surface area contributed by atoms with Gasteiger partial charge in [-0.25, -0.2) is 0 Å². The lowest BCUT2D eigenvalue weighted by Gasteiger charge is -2.07. The number of rotatable bonds is 3. The fraction of sp³-hybridized carbons (Fsp3) is 0.444. The van der Waals surface area contributed by atoms with E-state index in [2.05, 4.69) is 20.9 Å². The second kappa shape index (κ2) is 4.58. The summed E-state index contributed by atoms with van der Waals surface area (Å²) >= 11 is 3.29. The van der Waals surface area contributed by atoms with E-state index in [1.165, 1.54) is 0 Å². The monoisotopic (exact) mass is 229 g/mol. The van der Waals surface area contributed by atoms with E-state index in [4.69, 9.17) is 0 Å². The van der Waals surface area contributed by atoms with Gasteiger partial charge >= 0.3 is 0 Å². The van der Waals surface area contributed by atoms with Crippen molar-refractivity contribution in [3.63, 3.8) is 0 Å². The summed E-state index contributed by atoms with van der Waals surface area (Å²) in [7, 11) is 0. The van der Waals surface area contributed by atoms with Crippen molar-refractivity contribution in [2.45, 2.75) is 25.9 Å². The Morgan fingerprint density at radius 3 is 2.83 bits per heavy atom. The van der Waals surface area contributed by atoms with E-state index < -0.39 is 6.10 Å². The number of hydrogen-bond acceptors (Lipinski definition) is 2. The van der Waals surface area contributed by atoms with E-state index in [0.717, 1.165) is 23.0 Å². The van der Waals surface area contributed by atoms with Crippen molar-refractivity contribution in [2.24, 2.45) is 0 Å². The minimum Gasteiger partial charge on any atom is -0.387 e. The SMILES string of the molecule is CCC[C@H](O)c1ccc(Br)cn1. The van der Waals surface area contributed by atoms with Crippen LogP contribution >= 0.6 is 15.9 Å². The molecule has 1 N–H and O–H groups in total. The molecule has 0 spiro atoms. The van der Waals surface area contributed by atoms with Crippen molar-refractivity contribution in [3.05, 3.63) is 28.5 Å². The zero-order valence-corrected chi connectivity index (χ0v) is 8.58. The second-order valence-corrected chi connectivity index (χ2v) is 3.62. The lowest BCUT2D eigenvalue weighted by atomic mass is 10.1. The van der Waals surface area contributed by atoms with Gasteiger partial charge in [0.2, 0.25) is 0 Å². The summed E-state index contributed by atoms with van der Waals surface area (Å²) < 4.78 is 0.940. The average Bonchev–Trinajstić information content (AvgIpc) is 2.06. The second-order valence-electron chi connectivity index (χ2n) is 2.71. The van der Waals surface area contributed by atoms with E-state index in [1.807, 2.05) is 19.1 Å². The normalized spacial score (nSPS) is 12.9. The Hall–Kier alpha value is -0.410. The van der Waals surface area contributed by atoms with Gasteiger partial charge in [-0.05, 0) is 34.5 Å². The average molecular weight is 230 g/mol. The standard InChI is InChI=1S/C9H12BrNO/c1-2-3-9(12)8-5-4-7(10)6-11-8/h4-6,9,12H,2-3H2,1H3/t9-/m0/s1. The van der Waals surface area contributed by atoms with Crippen LogP contribution in [0.15, 0.2) is 22.8 Å². The van der Waals surface area contributed by atoms with Crippen LogP contribution in [0.5, 0.6) is 0 Å². The molecule has 1 aromatic rings. The highest BCUT2D eigenvalue weighted by molar-refractivity contribution is 9.10. The van der Waals surface area contributed by atoms with E-state index in [9.17, 15) is 5.11 Å². The Morgan fingerprint density at radius 2 is 2.33 bits per heavy atom. The fourth-order valence-electron chi connectivity index (χ4n) is 1.01. The number of halogens is 1. The lowest BCUT2D eigenvalue weighted by Crippen LogP contribution is -1.98. The van der Waals surface area contributed by atoms with E-state index in [-0.39, 0.29) is 0 Å². The molecule has 1 atom stereocenters. The van der Waals surface area contributed by atoms with Crippen molar-refractivity contribution >= 4 is 15.9 Å². The van der Waals surface area contributed by atoms with Crippen molar-refractivity contribution in [1.82, 2.24) is 4.98 Å². The number of aromatic nitrogens is 1. The van der Waals surface area contributed by atoms with Crippen LogP contribution in [0, 0.1) is 0 Å². The summed E-state index contributed by atoms with van der Waals surface area (Å²) in [4.78, 5) is 4.10. The number of nitrogens with zero attached hydrogens (tertiary/aromatic N) is 1. The fourth-order valence-corrected chi connectivity index (χ4v) is 1.24.